The molecule has 0 aliphatic rings. The maximum atomic E-state index is 13.4. The monoisotopic (exact) mass is 390 g/mol. The largest absolute Gasteiger partial charge is 0.408 e. The van der Waals surface area contributed by atoms with Gasteiger partial charge in [-0.25, -0.2) is 17.9 Å². The first-order valence-electron chi connectivity index (χ1n) is 6.81. The Morgan fingerprint density at radius 1 is 1.16 bits per heavy atom. The number of fused-ring (bicyclic) bond motifs is 1. The van der Waals surface area contributed by atoms with Crippen LogP contribution in [-0.4, -0.2) is 29.2 Å². The normalized spacial score (nSPS) is 13.9. The van der Waals surface area contributed by atoms with Crippen molar-refractivity contribution in [2.24, 2.45) is 0 Å². The Balaban J connectivity index is 1.98. The second-order valence-corrected chi connectivity index (χ2v) is 7.22. The van der Waals surface area contributed by atoms with Crippen molar-refractivity contribution >= 4 is 27.3 Å². The Morgan fingerprint density at radius 3 is 2.48 bits per heavy atom. The summed E-state index contributed by atoms with van der Waals surface area (Å²) >= 11 is 5.67. The van der Waals surface area contributed by atoms with Gasteiger partial charge in [0.15, 0.2) is 5.65 Å². The highest BCUT2D eigenvalue weighted by Crippen LogP contribution is 2.34. The van der Waals surface area contributed by atoms with Crippen molar-refractivity contribution in [1.82, 2.24) is 19.3 Å². The van der Waals surface area contributed by atoms with Crippen LogP contribution in [0.1, 0.15) is 11.6 Å². The van der Waals surface area contributed by atoms with E-state index in [0.717, 1.165) is 24.3 Å². The standard InChI is InChI=1S/C14H10ClF3N4O2S/c15-10-3-1-9(2-4-10)13(14(16,17)18)21-25(23,24)11-5-6-22-12(7-11)19-8-20-22/h1-8,13,21H. The molecule has 0 aliphatic heterocycles. The van der Waals surface area contributed by atoms with Gasteiger partial charge in [-0.2, -0.15) is 23.0 Å². The van der Waals surface area contributed by atoms with Crippen molar-refractivity contribution in [1.29, 1.82) is 0 Å². The first-order chi connectivity index (χ1) is 11.7. The van der Waals surface area contributed by atoms with Crippen LogP contribution in [0.3, 0.4) is 0 Å². The van der Waals surface area contributed by atoms with E-state index in [4.69, 9.17) is 11.6 Å². The number of benzene rings is 1. The van der Waals surface area contributed by atoms with Gasteiger partial charge in [-0.1, -0.05) is 23.7 Å². The van der Waals surface area contributed by atoms with Crippen molar-refractivity contribution in [3.8, 4) is 0 Å². The van der Waals surface area contributed by atoms with Crippen LogP contribution < -0.4 is 4.72 Å². The molecule has 132 valence electrons. The molecule has 1 atom stereocenters. The summed E-state index contributed by atoms with van der Waals surface area (Å²) in [5, 5.41) is 4.04. The molecule has 2 heterocycles. The Kier molecular flexibility index (Phi) is 4.43. The molecular formula is C14H10ClF3N4O2S. The van der Waals surface area contributed by atoms with E-state index in [9.17, 15) is 21.6 Å². The van der Waals surface area contributed by atoms with E-state index in [1.54, 1.807) is 4.72 Å². The molecule has 0 radical (unpaired) electrons. The van der Waals surface area contributed by atoms with Crippen molar-refractivity contribution in [2.45, 2.75) is 17.1 Å². The number of hydrogen-bond donors (Lipinski definition) is 1. The van der Waals surface area contributed by atoms with Gasteiger partial charge in [0.2, 0.25) is 10.0 Å². The summed E-state index contributed by atoms with van der Waals surface area (Å²) in [6.07, 6.45) is -2.34. The van der Waals surface area contributed by atoms with E-state index in [2.05, 4.69) is 10.1 Å². The second kappa shape index (κ2) is 6.28. The number of alkyl halides is 3. The van der Waals surface area contributed by atoms with Gasteiger partial charge in [-0.3, -0.25) is 0 Å². The van der Waals surface area contributed by atoms with Gasteiger partial charge < -0.3 is 0 Å². The summed E-state index contributed by atoms with van der Waals surface area (Å²) < 4.78 is 67.9. The van der Waals surface area contributed by atoms with Crippen LogP contribution in [-0.2, 0) is 10.0 Å². The molecule has 1 N–H and O–H groups in total. The minimum Gasteiger partial charge on any atom is -0.221 e. The highest BCUT2D eigenvalue weighted by atomic mass is 35.5. The van der Waals surface area contributed by atoms with E-state index in [0.29, 0.717) is 0 Å². The van der Waals surface area contributed by atoms with Crippen LogP contribution in [0, 0.1) is 0 Å². The summed E-state index contributed by atoms with van der Waals surface area (Å²) in [5.41, 5.74) is -0.0815. The third-order valence-corrected chi connectivity index (χ3v) is 5.04. The third-order valence-electron chi connectivity index (χ3n) is 3.37. The van der Waals surface area contributed by atoms with Crippen molar-refractivity contribution < 1.29 is 21.6 Å². The fourth-order valence-electron chi connectivity index (χ4n) is 2.17. The van der Waals surface area contributed by atoms with Crippen molar-refractivity contribution in [2.75, 3.05) is 0 Å². The number of halogens is 4. The predicted molar refractivity (Wildman–Crippen MR) is 83.6 cm³/mol. The molecule has 0 amide bonds. The third kappa shape index (κ3) is 3.75. The maximum Gasteiger partial charge on any atom is 0.408 e. The molecule has 3 rings (SSSR count). The molecular weight excluding hydrogens is 381 g/mol. The van der Waals surface area contributed by atoms with Gasteiger partial charge in [0, 0.05) is 17.3 Å². The summed E-state index contributed by atoms with van der Waals surface area (Å²) in [7, 11) is -4.45. The topological polar surface area (TPSA) is 76.4 Å². The molecule has 1 unspecified atom stereocenters. The van der Waals surface area contributed by atoms with E-state index in [1.807, 2.05) is 0 Å². The van der Waals surface area contributed by atoms with Crippen LogP contribution in [0.25, 0.3) is 5.65 Å². The van der Waals surface area contributed by atoms with Crippen LogP contribution in [0.5, 0.6) is 0 Å². The summed E-state index contributed by atoms with van der Waals surface area (Å²) in [5.74, 6) is 0. The van der Waals surface area contributed by atoms with Crippen LogP contribution in [0.2, 0.25) is 5.02 Å². The Hall–Kier alpha value is -2.17. The lowest BCUT2D eigenvalue weighted by Gasteiger charge is -2.22. The molecule has 0 fully saturated rings. The maximum absolute atomic E-state index is 13.4. The number of hydrogen-bond acceptors (Lipinski definition) is 4. The number of aromatic nitrogens is 3. The number of rotatable bonds is 4. The van der Waals surface area contributed by atoms with E-state index >= 15 is 0 Å². The Bertz CT molecular complexity index is 1000. The Labute approximate surface area is 145 Å². The first-order valence-corrected chi connectivity index (χ1v) is 8.67. The van der Waals surface area contributed by atoms with Gasteiger partial charge >= 0.3 is 6.18 Å². The van der Waals surface area contributed by atoms with Gasteiger partial charge in [0.05, 0.1) is 4.90 Å². The summed E-state index contributed by atoms with van der Waals surface area (Å²) in [6, 6.07) is 4.60. The lowest BCUT2D eigenvalue weighted by molar-refractivity contribution is -0.153. The summed E-state index contributed by atoms with van der Waals surface area (Å²) in [6.45, 7) is 0. The minimum absolute atomic E-state index is 0.193. The highest BCUT2D eigenvalue weighted by molar-refractivity contribution is 7.89. The molecule has 0 saturated carbocycles. The molecule has 2 aromatic heterocycles. The smallest absolute Gasteiger partial charge is 0.221 e. The quantitative estimate of drug-likeness (QED) is 0.743. The lowest BCUT2D eigenvalue weighted by atomic mass is 10.1. The van der Waals surface area contributed by atoms with Crippen LogP contribution >= 0.6 is 11.6 Å². The summed E-state index contributed by atoms with van der Waals surface area (Å²) in [4.78, 5) is 3.46. The average molecular weight is 391 g/mol. The Morgan fingerprint density at radius 2 is 1.84 bits per heavy atom. The van der Waals surface area contributed by atoms with Crippen molar-refractivity contribution in [3.05, 3.63) is 59.5 Å². The van der Waals surface area contributed by atoms with Crippen LogP contribution in [0.4, 0.5) is 13.2 Å². The molecule has 25 heavy (non-hydrogen) atoms. The van der Waals surface area contributed by atoms with Crippen molar-refractivity contribution in [3.63, 3.8) is 0 Å². The molecule has 0 bridgehead atoms. The number of pyridine rings is 1. The molecule has 3 aromatic rings. The molecule has 0 spiro atoms. The fraction of sp³-hybridized carbons (Fsp3) is 0.143. The molecule has 1 aromatic carbocycles. The predicted octanol–water partition coefficient (Wildman–Crippen LogP) is 2.96. The number of nitrogens with zero attached hydrogens (tertiary/aromatic N) is 3. The lowest BCUT2D eigenvalue weighted by Crippen LogP contribution is -2.38. The van der Waals surface area contributed by atoms with Gasteiger partial charge in [0.25, 0.3) is 0 Å². The zero-order valence-electron chi connectivity index (χ0n) is 12.3. The zero-order valence-corrected chi connectivity index (χ0v) is 13.8. The number of sulfonamides is 1. The SMILES string of the molecule is O=S(=O)(NC(c1ccc(Cl)cc1)C(F)(F)F)c1ccn2ncnc2c1. The van der Waals surface area contributed by atoms with Gasteiger partial charge in [0.1, 0.15) is 12.4 Å². The highest BCUT2D eigenvalue weighted by Gasteiger charge is 2.43. The zero-order chi connectivity index (χ0) is 18.2. The van der Waals surface area contributed by atoms with Gasteiger partial charge in [-0.15, -0.1) is 0 Å². The molecule has 6 nitrogen and oxygen atoms in total. The van der Waals surface area contributed by atoms with E-state index in [1.165, 1.54) is 29.2 Å². The van der Waals surface area contributed by atoms with Crippen LogP contribution in [0.15, 0.2) is 53.8 Å². The average Bonchev–Trinajstić information content (AvgIpc) is 3.00. The fourth-order valence-corrected chi connectivity index (χ4v) is 3.51. The van der Waals surface area contributed by atoms with Gasteiger partial charge in [-0.05, 0) is 23.8 Å². The van der Waals surface area contributed by atoms with E-state index in [-0.39, 0.29) is 21.1 Å². The van der Waals surface area contributed by atoms with E-state index < -0.39 is 22.2 Å². The number of nitrogens with one attached hydrogen (secondary N) is 1. The minimum atomic E-state index is -4.83. The second-order valence-electron chi connectivity index (χ2n) is 5.07. The molecule has 0 aliphatic carbocycles. The molecule has 11 heteroatoms. The first kappa shape index (κ1) is 17.6. The molecule has 0 saturated heterocycles.